The van der Waals surface area contributed by atoms with E-state index in [-0.39, 0.29) is 0 Å². The second-order valence-corrected chi connectivity index (χ2v) is 5.81. The Bertz CT molecular complexity index is 746. The number of rotatable bonds is 8. The molecule has 0 aliphatic heterocycles. The Morgan fingerprint density at radius 2 is 1.84 bits per heavy atom. The molecule has 2 rings (SSSR count). The maximum atomic E-state index is 8.66. The molecule has 0 fully saturated rings. The van der Waals surface area contributed by atoms with Gasteiger partial charge in [-0.3, -0.25) is 0 Å². The minimum atomic E-state index is 0.320. The van der Waals surface area contributed by atoms with Crippen LogP contribution >= 0.6 is 11.6 Å². The van der Waals surface area contributed by atoms with Gasteiger partial charge in [-0.15, -0.1) is 0 Å². The highest BCUT2D eigenvalue weighted by Crippen LogP contribution is 2.36. The molecule has 2 aromatic carbocycles. The number of hydrogen-bond acceptors (Lipinski definition) is 5. The molecule has 0 aliphatic carbocycles. The van der Waals surface area contributed by atoms with Gasteiger partial charge < -0.3 is 19.4 Å². The second kappa shape index (κ2) is 9.18. The summed E-state index contributed by atoms with van der Waals surface area (Å²) in [5.74, 6) is 1.79. The zero-order valence-corrected chi connectivity index (χ0v) is 15.3. The van der Waals surface area contributed by atoms with Gasteiger partial charge in [0.2, 0.25) is 0 Å². The van der Waals surface area contributed by atoms with Gasteiger partial charge in [-0.2, -0.15) is 0 Å². The summed E-state index contributed by atoms with van der Waals surface area (Å²) in [6, 6.07) is 9.29. The van der Waals surface area contributed by atoms with Gasteiger partial charge >= 0.3 is 0 Å². The molecule has 0 unspecified atom stereocenters. The van der Waals surface area contributed by atoms with Gasteiger partial charge in [-0.25, -0.2) is 0 Å². The quantitative estimate of drug-likeness (QED) is 0.322. The summed E-state index contributed by atoms with van der Waals surface area (Å²) in [5.41, 5.74) is 2.92. The third-order valence-electron chi connectivity index (χ3n) is 3.68. The predicted molar refractivity (Wildman–Crippen MR) is 98.9 cm³/mol. The summed E-state index contributed by atoms with van der Waals surface area (Å²) in [5, 5.41) is 12.0. The van der Waals surface area contributed by atoms with Crippen molar-refractivity contribution in [3.8, 4) is 17.2 Å². The number of ether oxygens (including phenoxy) is 3. The first-order chi connectivity index (χ1) is 12.1. The van der Waals surface area contributed by atoms with E-state index < -0.39 is 0 Å². The molecule has 0 amide bonds. The van der Waals surface area contributed by atoms with Crippen molar-refractivity contribution in [2.45, 2.75) is 20.8 Å². The lowest BCUT2D eigenvalue weighted by Crippen LogP contribution is -2.11. The Labute approximate surface area is 152 Å². The lowest BCUT2D eigenvalue weighted by Gasteiger charge is -2.15. The highest BCUT2D eigenvalue weighted by Gasteiger charge is 2.12. The monoisotopic (exact) mass is 363 g/mol. The SMILES string of the molecule is CCOc1cc(C=NO)cc(Cl)c1OCCOc1cccc(C)c1C. The van der Waals surface area contributed by atoms with Gasteiger partial charge in [0.25, 0.3) is 0 Å². The first kappa shape index (κ1) is 18.9. The van der Waals surface area contributed by atoms with Gasteiger partial charge in [0.15, 0.2) is 11.5 Å². The van der Waals surface area contributed by atoms with Gasteiger partial charge in [0.1, 0.15) is 19.0 Å². The van der Waals surface area contributed by atoms with Gasteiger partial charge in [0.05, 0.1) is 17.8 Å². The van der Waals surface area contributed by atoms with Crippen molar-refractivity contribution in [1.82, 2.24) is 0 Å². The van der Waals surface area contributed by atoms with Crippen molar-refractivity contribution in [3.05, 3.63) is 52.0 Å². The summed E-state index contributed by atoms with van der Waals surface area (Å²) in [7, 11) is 0. The molecule has 1 N–H and O–H groups in total. The van der Waals surface area contributed by atoms with E-state index in [0.29, 0.717) is 41.9 Å². The van der Waals surface area contributed by atoms with E-state index in [9.17, 15) is 0 Å². The second-order valence-electron chi connectivity index (χ2n) is 5.40. The van der Waals surface area contributed by atoms with Crippen LogP contribution in [-0.2, 0) is 0 Å². The van der Waals surface area contributed by atoms with E-state index in [0.717, 1.165) is 11.3 Å². The van der Waals surface area contributed by atoms with E-state index in [1.807, 2.05) is 39.0 Å². The molecule has 0 spiro atoms. The lowest BCUT2D eigenvalue weighted by atomic mass is 10.1. The zero-order valence-electron chi connectivity index (χ0n) is 14.6. The fourth-order valence-corrected chi connectivity index (χ4v) is 2.58. The summed E-state index contributed by atoms with van der Waals surface area (Å²) in [6.45, 7) is 7.10. The number of hydrogen-bond donors (Lipinski definition) is 1. The largest absolute Gasteiger partial charge is 0.490 e. The Hall–Kier alpha value is -2.40. The van der Waals surface area contributed by atoms with Crippen molar-refractivity contribution in [2.75, 3.05) is 19.8 Å². The lowest BCUT2D eigenvalue weighted by molar-refractivity contribution is 0.207. The molecule has 0 aromatic heterocycles. The van der Waals surface area contributed by atoms with E-state index in [4.69, 9.17) is 31.0 Å². The number of nitrogens with zero attached hydrogens (tertiary/aromatic N) is 1. The van der Waals surface area contributed by atoms with Crippen LogP contribution in [0.2, 0.25) is 5.02 Å². The molecule has 0 saturated heterocycles. The molecular formula is C19H22ClNO4. The van der Waals surface area contributed by atoms with Crippen molar-refractivity contribution in [3.63, 3.8) is 0 Å². The van der Waals surface area contributed by atoms with Crippen LogP contribution < -0.4 is 14.2 Å². The molecule has 0 radical (unpaired) electrons. The molecule has 6 heteroatoms. The Morgan fingerprint density at radius 1 is 1.08 bits per heavy atom. The normalized spacial score (nSPS) is 10.9. The number of benzene rings is 2. The topological polar surface area (TPSA) is 60.3 Å². The Kier molecular flexibility index (Phi) is 6.95. The zero-order chi connectivity index (χ0) is 18.2. The molecule has 0 heterocycles. The van der Waals surface area contributed by atoms with Gasteiger partial charge in [-0.1, -0.05) is 28.9 Å². The van der Waals surface area contributed by atoms with E-state index in [2.05, 4.69) is 5.16 Å². The minimum Gasteiger partial charge on any atom is -0.490 e. The van der Waals surface area contributed by atoms with E-state index >= 15 is 0 Å². The maximum absolute atomic E-state index is 8.66. The number of halogens is 1. The van der Waals surface area contributed by atoms with Crippen molar-refractivity contribution in [1.29, 1.82) is 0 Å². The first-order valence-electron chi connectivity index (χ1n) is 8.02. The molecule has 0 atom stereocenters. The maximum Gasteiger partial charge on any atom is 0.179 e. The van der Waals surface area contributed by atoms with Crippen LogP contribution in [0.25, 0.3) is 0 Å². The predicted octanol–water partition coefficient (Wildman–Crippen LogP) is 4.62. The molecule has 25 heavy (non-hydrogen) atoms. The van der Waals surface area contributed by atoms with Crippen molar-refractivity contribution in [2.24, 2.45) is 5.16 Å². The molecular weight excluding hydrogens is 342 g/mol. The average Bonchev–Trinajstić information content (AvgIpc) is 2.57. The standard InChI is InChI=1S/C19H22ClNO4/c1-4-23-18-11-15(12-21-22)10-16(20)19(18)25-9-8-24-17-7-5-6-13(2)14(17)3/h5-7,10-12,22H,4,8-9H2,1-3H3. The highest BCUT2D eigenvalue weighted by molar-refractivity contribution is 6.32. The Balaban J connectivity index is 2.03. The number of oxime groups is 1. The molecule has 0 aliphatic rings. The fourth-order valence-electron chi connectivity index (χ4n) is 2.31. The van der Waals surface area contributed by atoms with Crippen LogP contribution in [0, 0.1) is 13.8 Å². The van der Waals surface area contributed by atoms with Crippen molar-refractivity contribution < 1.29 is 19.4 Å². The van der Waals surface area contributed by atoms with E-state index in [1.54, 1.807) is 12.1 Å². The van der Waals surface area contributed by atoms with Crippen LogP contribution in [0.3, 0.4) is 0 Å². The molecule has 134 valence electrons. The fraction of sp³-hybridized carbons (Fsp3) is 0.316. The average molecular weight is 364 g/mol. The van der Waals surface area contributed by atoms with Gasteiger partial charge in [0, 0.05) is 5.56 Å². The van der Waals surface area contributed by atoms with Crippen LogP contribution in [0.15, 0.2) is 35.5 Å². The highest BCUT2D eigenvalue weighted by atomic mass is 35.5. The molecule has 0 bridgehead atoms. The van der Waals surface area contributed by atoms with E-state index in [1.165, 1.54) is 11.8 Å². The summed E-state index contributed by atoms with van der Waals surface area (Å²) in [4.78, 5) is 0. The van der Waals surface area contributed by atoms with Crippen LogP contribution in [0.5, 0.6) is 17.2 Å². The Morgan fingerprint density at radius 3 is 2.56 bits per heavy atom. The molecule has 5 nitrogen and oxygen atoms in total. The third-order valence-corrected chi connectivity index (χ3v) is 3.96. The summed E-state index contributed by atoms with van der Waals surface area (Å²) < 4.78 is 17.1. The molecule has 0 saturated carbocycles. The smallest absolute Gasteiger partial charge is 0.179 e. The number of aryl methyl sites for hydroxylation is 1. The first-order valence-corrected chi connectivity index (χ1v) is 8.40. The summed E-state index contributed by atoms with van der Waals surface area (Å²) in [6.07, 6.45) is 1.28. The van der Waals surface area contributed by atoms with Crippen LogP contribution in [0.4, 0.5) is 0 Å². The van der Waals surface area contributed by atoms with Crippen LogP contribution in [0.1, 0.15) is 23.6 Å². The third kappa shape index (κ3) is 5.03. The minimum absolute atomic E-state index is 0.320. The van der Waals surface area contributed by atoms with Crippen LogP contribution in [-0.4, -0.2) is 31.2 Å². The van der Waals surface area contributed by atoms with Gasteiger partial charge in [-0.05, 0) is 50.1 Å². The molecule has 2 aromatic rings. The summed E-state index contributed by atoms with van der Waals surface area (Å²) >= 11 is 6.26. The van der Waals surface area contributed by atoms with Crippen molar-refractivity contribution >= 4 is 17.8 Å².